The summed E-state index contributed by atoms with van der Waals surface area (Å²) in [5, 5.41) is -0.204. The predicted octanol–water partition coefficient (Wildman–Crippen LogP) is 3.98. The minimum absolute atomic E-state index is 0.0568. The Labute approximate surface area is 146 Å². The van der Waals surface area contributed by atoms with Gasteiger partial charge in [-0.1, -0.05) is 11.6 Å². The lowest BCUT2D eigenvalue weighted by molar-refractivity contribution is 0.293. The van der Waals surface area contributed by atoms with Gasteiger partial charge in [-0.05, 0) is 53.0 Å². The number of nitrogens with one attached hydrogen (secondary N) is 1. The fraction of sp³-hybridized carbons (Fsp3) is 0.214. The molecule has 0 bridgehead atoms. The molecule has 0 radical (unpaired) electrons. The first-order valence-corrected chi connectivity index (χ1v) is 9.30. The summed E-state index contributed by atoms with van der Waals surface area (Å²) in [4.78, 5) is 3.86. The first kappa shape index (κ1) is 16.5. The van der Waals surface area contributed by atoms with Gasteiger partial charge in [-0.15, -0.1) is 0 Å². The Balaban J connectivity index is 1.94. The van der Waals surface area contributed by atoms with Gasteiger partial charge in [0.1, 0.15) is 22.5 Å². The second-order valence-corrected chi connectivity index (χ2v) is 7.98. The third-order valence-corrected chi connectivity index (χ3v) is 5.33. The van der Waals surface area contributed by atoms with E-state index in [0.29, 0.717) is 4.47 Å². The monoisotopic (exact) mass is 420 g/mol. The van der Waals surface area contributed by atoms with E-state index in [2.05, 4.69) is 25.6 Å². The average molecular weight is 422 g/mol. The Bertz CT molecular complexity index is 859. The van der Waals surface area contributed by atoms with E-state index in [-0.39, 0.29) is 27.6 Å². The minimum atomic E-state index is -4.00. The number of aromatic nitrogens is 1. The molecular formula is C14H11BrClFN2O3S. The molecule has 0 atom stereocenters. The molecule has 0 unspecified atom stereocenters. The molecule has 5 nitrogen and oxygen atoms in total. The van der Waals surface area contributed by atoms with Crippen LogP contribution in [-0.2, 0) is 10.0 Å². The van der Waals surface area contributed by atoms with Crippen molar-refractivity contribution in [3.63, 3.8) is 0 Å². The highest BCUT2D eigenvalue weighted by molar-refractivity contribution is 9.10. The zero-order valence-electron chi connectivity index (χ0n) is 11.6. The highest BCUT2D eigenvalue weighted by atomic mass is 79.9. The topological polar surface area (TPSA) is 68.3 Å². The normalized spacial score (nSPS) is 14.6. The van der Waals surface area contributed by atoms with Gasteiger partial charge in [-0.25, -0.2) is 17.8 Å². The Morgan fingerprint density at radius 1 is 1.35 bits per heavy atom. The molecule has 23 heavy (non-hydrogen) atoms. The van der Waals surface area contributed by atoms with Gasteiger partial charge in [0, 0.05) is 10.7 Å². The van der Waals surface area contributed by atoms with Crippen molar-refractivity contribution in [1.82, 2.24) is 4.98 Å². The van der Waals surface area contributed by atoms with E-state index in [0.717, 1.165) is 31.0 Å². The van der Waals surface area contributed by atoms with E-state index in [4.69, 9.17) is 16.3 Å². The third-order valence-electron chi connectivity index (χ3n) is 3.05. The van der Waals surface area contributed by atoms with Gasteiger partial charge >= 0.3 is 0 Å². The number of pyridine rings is 1. The molecule has 3 rings (SSSR count). The van der Waals surface area contributed by atoms with Crippen molar-refractivity contribution in [2.24, 2.45) is 0 Å². The largest absolute Gasteiger partial charge is 0.473 e. The molecule has 1 aliphatic rings. The molecule has 0 spiro atoms. The lowest BCUT2D eigenvalue weighted by Crippen LogP contribution is -2.15. The molecule has 1 fully saturated rings. The van der Waals surface area contributed by atoms with Crippen LogP contribution in [0, 0.1) is 5.82 Å². The zero-order chi connectivity index (χ0) is 16.6. The molecule has 1 aliphatic carbocycles. The molecule has 1 aromatic carbocycles. The first-order valence-electron chi connectivity index (χ1n) is 6.65. The average Bonchev–Trinajstić information content (AvgIpc) is 3.25. The summed E-state index contributed by atoms with van der Waals surface area (Å²) in [6.45, 7) is 0. The van der Waals surface area contributed by atoms with Crippen LogP contribution in [0.15, 0.2) is 39.8 Å². The van der Waals surface area contributed by atoms with Gasteiger partial charge in [0.25, 0.3) is 10.0 Å². The number of halogens is 3. The van der Waals surface area contributed by atoms with E-state index in [1.165, 1.54) is 6.20 Å². The SMILES string of the molecule is O=S(=O)(Nc1cc(Br)cnc1OC1CC1)c1ccc(F)cc1Cl. The number of rotatable bonds is 5. The summed E-state index contributed by atoms with van der Waals surface area (Å²) in [6, 6.07) is 4.62. The van der Waals surface area contributed by atoms with E-state index in [1.807, 2.05) is 0 Å². The lowest BCUT2D eigenvalue weighted by Gasteiger charge is -2.13. The summed E-state index contributed by atoms with van der Waals surface area (Å²) >= 11 is 9.07. The van der Waals surface area contributed by atoms with Crippen molar-refractivity contribution in [2.45, 2.75) is 23.8 Å². The highest BCUT2D eigenvalue weighted by Gasteiger charge is 2.27. The van der Waals surface area contributed by atoms with Crippen LogP contribution in [0.4, 0.5) is 10.1 Å². The molecule has 0 saturated heterocycles. The Hall–Kier alpha value is -1.38. The summed E-state index contributed by atoms with van der Waals surface area (Å²) < 4.78 is 46.6. The van der Waals surface area contributed by atoms with Gasteiger partial charge in [0.2, 0.25) is 5.88 Å². The number of benzene rings is 1. The van der Waals surface area contributed by atoms with Crippen LogP contribution < -0.4 is 9.46 Å². The van der Waals surface area contributed by atoms with E-state index in [9.17, 15) is 12.8 Å². The van der Waals surface area contributed by atoms with Gasteiger partial charge in [0.15, 0.2) is 0 Å². The molecule has 1 aromatic heterocycles. The number of hydrogen-bond acceptors (Lipinski definition) is 4. The third kappa shape index (κ3) is 3.94. The summed E-state index contributed by atoms with van der Waals surface area (Å²) in [7, 11) is -4.00. The van der Waals surface area contributed by atoms with Crippen LogP contribution in [-0.4, -0.2) is 19.5 Å². The standard InChI is InChI=1S/C14H11BrClFN2O3S/c15-8-5-12(14(18-7-8)22-10-2-3-10)19-23(20,21)13-4-1-9(17)6-11(13)16/h1,4-7,10,19H,2-3H2. The number of ether oxygens (including phenoxy) is 1. The fourth-order valence-corrected chi connectivity index (χ4v) is 3.74. The van der Waals surface area contributed by atoms with Gasteiger partial charge in [0.05, 0.1) is 5.02 Å². The van der Waals surface area contributed by atoms with E-state index in [1.54, 1.807) is 6.07 Å². The maximum Gasteiger partial charge on any atom is 0.263 e. The molecule has 1 heterocycles. The smallest absolute Gasteiger partial charge is 0.263 e. The van der Waals surface area contributed by atoms with Crippen LogP contribution in [0.5, 0.6) is 5.88 Å². The van der Waals surface area contributed by atoms with Crippen molar-refractivity contribution in [3.05, 3.63) is 45.8 Å². The van der Waals surface area contributed by atoms with Crippen molar-refractivity contribution in [3.8, 4) is 5.88 Å². The van der Waals surface area contributed by atoms with Gasteiger partial charge in [-0.3, -0.25) is 4.72 Å². The van der Waals surface area contributed by atoms with Gasteiger partial charge < -0.3 is 4.74 Å². The molecule has 1 saturated carbocycles. The molecule has 9 heteroatoms. The fourth-order valence-electron chi connectivity index (χ4n) is 1.83. The Kier molecular flexibility index (Phi) is 4.48. The number of anilines is 1. The van der Waals surface area contributed by atoms with E-state index < -0.39 is 15.8 Å². The first-order chi connectivity index (χ1) is 10.8. The zero-order valence-corrected chi connectivity index (χ0v) is 14.8. The van der Waals surface area contributed by atoms with Crippen LogP contribution >= 0.6 is 27.5 Å². The number of nitrogens with zero attached hydrogens (tertiary/aromatic N) is 1. The maximum atomic E-state index is 13.1. The maximum absolute atomic E-state index is 13.1. The quantitative estimate of drug-likeness (QED) is 0.793. The molecule has 2 aromatic rings. The highest BCUT2D eigenvalue weighted by Crippen LogP contribution is 2.34. The number of sulfonamides is 1. The van der Waals surface area contributed by atoms with Crippen LogP contribution in [0.25, 0.3) is 0 Å². The Morgan fingerprint density at radius 3 is 2.74 bits per heavy atom. The van der Waals surface area contributed by atoms with Crippen molar-refractivity contribution < 1.29 is 17.5 Å². The van der Waals surface area contributed by atoms with Crippen LogP contribution in [0.3, 0.4) is 0 Å². The summed E-state index contributed by atoms with van der Waals surface area (Å²) in [5.74, 6) is -0.423. The molecule has 0 aliphatic heterocycles. The second-order valence-electron chi connectivity index (χ2n) is 5.00. The predicted molar refractivity (Wildman–Crippen MR) is 87.8 cm³/mol. The van der Waals surface area contributed by atoms with Crippen molar-refractivity contribution >= 4 is 43.2 Å². The molecular weight excluding hydrogens is 411 g/mol. The minimum Gasteiger partial charge on any atom is -0.473 e. The Morgan fingerprint density at radius 2 is 2.09 bits per heavy atom. The van der Waals surface area contributed by atoms with Gasteiger partial charge in [-0.2, -0.15) is 0 Å². The van der Waals surface area contributed by atoms with Crippen LogP contribution in [0.1, 0.15) is 12.8 Å². The molecule has 122 valence electrons. The number of hydrogen-bond donors (Lipinski definition) is 1. The summed E-state index contributed by atoms with van der Waals surface area (Å²) in [6.07, 6.45) is 3.39. The van der Waals surface area contributed by atoms with E-state index >= 15 is 0 Å². The van der Waals surface area contributed by atoms with Crippen molar-refractivity contribution in [1.29, 1.82) is 0 Å². The van der Waals surface area contributed by atoms with Crippen LogP contribution in [0.2, 0.25) is 5.02 Å². The summed E-state index contributed by atoms with van der Waals surface area (Å²) in [5.41, 5.74) is 0.187. The molecule has 1 N–H and O–H groups in total. The van der Waals surface area contributed by atoms with Crippen molar-refractivity contribution in [2.75, 3.05) is 4.72 Å². The molecule has 0 amide bonds. The lowest BCUT2D eigenvalue weighted by atomic mass is 10.3. The second kappa shape index (κ2) is 6.26.